The highest BCUT2D eigenvalue weighted by Gasteiger charge is 2.45. The number of nitrogens with zero attached hydrogens (tertiary/aromatic N) is 1. The fourth-order valence-electron chi connectivity index (χ4n) is 3.29. The van der Waals surface area contributed by atoms with Gasteiger partial charge >= 0.3 is 0 Å². The highest BCUT2D eigenvalue weighted by atomic mass is 19.3. The van der Waals surface area contributed by atoms with E-state index in [-0.39, 0.29) is 17.6 Å². The summed E-state index contributed by atoms with van der Waals surface area (Å²) in [6.07, 6.45) is 3.45. The molecule has 1 aliphatic carbocycles. The highest BCUT2D eigenvalue weighted by molar-refractivity contribution is 5.05. The average Bonchev–Trinajstić information content (AvgIpc) is 2.72. The Morgan fingerprint density at radius 3 is 2.47 bits per heavy atom. The first-order chi connectivity index (χ1) is 8.00. The predicted octanol–water partition coefficient (Wildman–Crippen LogP) is 2.64. The number of hydrogen-bond acceptors (Lipinski definition) is 2. The van der Waals surface area contributed by atoms with E-state index in [2.05, 4.69) is 19.2 Å². The maximum atomic E-state index is 12.7. The average molecular weight is 246 g/mol. The Labute approximate surface area is 103 Å². The number of rotatable bonds is 3. The molecule has 2 fully saturated rings. The maximum absolute atomic E-state index is 12.7. The summed E-state index contributed by atoms with van der Waals surface area (Å²) < 4.78 is 25.4. The van der Waals surface area contributed by atoms with Crippen LogP contribution in [0.4, 0.5) is 8.78 Å². The van der Waals surface area contributed by atoms with Crippen LogP contribution in [0, 0.1) is 0 Å². The summed E-state index contributed by atoms with van der Waals surface area (Å²) in [6.45, 7) is 5.75. The lowest BCUT2D eigenvalue weighted by Gasteiger charge is -2.52. The number of alkyl halides is 2. The molecule has 2 aliphatic rings. The Balaban J connectivity index is 2.09. The van der Waals surface area contributed by atoms with E-state index in [1.54, 1.807) is 0 Å². The lowest BCUT2D eigenvalue weighted by Crippen LogP contribution is -2.68. The molecule has 1 saturated carbocycles. The van der Waals surface area contributed by atoms with E-state index in [4.69, 9.17) is 0 Å². The van der Waals surface area contributed by atoms with Crippen LogP contribution in [0.5, 0.6) is 0 Å². The summed E-state index contributed by atoms with van der Waals surface area (Å²) >= 11 is 0. The van der Waals surface area contributed by atoms with Gasteiger partial charge < -0.3 is 5.32 Å². The van der Waals surface area contributed by atoms with Crippen LogP contribution in [0.3, 0.4) is 0 Å². The number of nitrogens with one attached hydrogen (secondary N) is 1. The molecule has 0 aromatic heterocycles. The smallest absolute Gasteiger partial charge is 0.251 e. The van der Waals surface area contributed by atoms with Crippen molar-refractivity contribution in [1.29, 1.82) is 0 Å². The first kappa shape index (κ1) is 13.2. The van der Waals surface area contributed by atoms with Gasteiger partial charge in [-0.2, -0.15) is 0 Å². The number of halogens is 2. The quantitative estimate of drug-likeness (QED) is 0.823. The van der Waals surface area contributed by atoms with Crippen molar-refractivity contribution in [2.75, 3.05) is 19.6 Å². The van der Waals surface area contributed by atoms with Crippen LogP contribution < -0.4 is 5.32 Å². The van der Waals surface area contributed by atoms with E-state index in [9.17, 15) is 8.78 Å². The first-order valence-corrected chi connectivity index (χ1v) is 6.78. The van der Waals surface area contributed by atoms with Gasteiger partial charge in [-0.3, -0.25) is 4.90 Å². The van der Waals surface area contributed by atoms with Crippen LogP contribution in [0.25, 0.3) is 0 Å². The molecule has 100 valence electrons. The fourth-order valence-corrected chi connectivity index (χ4v) is 3.29. The van der Waals surface area contributed by atoms with Crippen LogP contribution in [0.15, 0.2) is 0 Å². The van der Waals surface area contributed by atoms with Crippen molar-refractivity contribution < 1.29 is 8.78 Å². The molecule has 1 aliphatic heterocycles. The SMILES string of the molecule is CCC1(C)CNC2(CCCC2)CN1CC(F)F. The van der Waals surface area contributed by atoms with Crippen LogP contribution in [-0.2, 0) is 0 Å². The summed E-state index contributed by atoms with van der Waals surface area (Å²) in [5.74, 6) is 0. The van der Waals surface area contributed by atoms with Crippen molar-refractivity contribution in [3.63, 3.8) is 0 Å². The summed E-state index contributed by atoms with van der Waals surface area (Å²) in [7, 11) is 0. The van der Waals surface area contributed by atoms with E-state index in [0.717, 1.165) is 32.4 Å². The molecule has 1 atom stereocenters. The van der Waals surface area contributed by atoms with Crippen molar-refractivity contribution in [3.05, 3.63) is 0 Å². The van der Waals surface area contributed by atoms with Crippen LogP contribution in [-0.4, -0.2) is 42.0 Å². The largest absolute Gasteiger partial charge is 0.308 e. The van der Waals surface area contributed by atoms with Crippen LogP contribution in [0.1, 0.15) is 46.0 Å². The third kappa shape index (κ3) is 2.63. The number of piperazine rings is 1. The van der Waals surface area contributed by atoms with Gasteiger partial charge in [0.05, 0.1) is 6.54 Å². The molecule has 1 heterocycles. The second-order valence-electron chi connectivity index (χ2n) is 5.96. The van der Waals surface area contributed by atoms with Crippen LogP contribution >= 0.6 is 0 Å². The van der Waals surface area contributed by atoms with Gasteiger partial charge in [-0.15, -0.1) is 0 Å². The lowest BCUT2D eigenvalue weighted by atomic mass is 9.85. The van der Waals surface area contributed by atoms with Gasteiger partial charge in [-0.25, -0.2) is 8.78 Å². The normalized spacial score (nSPS) is 33.7. The Morgan fingerprint density at radius 1 is 1.29 bits per heavy atom. The zero-order valence-corrected chi connectivity index (χ0v) is 10.9. The molecule has 1 saturated heterocycles. The molecule has 0 aromatic rings. The van der Waals surface area contributed by atoms with E-state index in [1.807, 2.05) is 4.90 Å². The van der Waals surface area contributed by atoms with Crippen molar-refractivity contribution >= 4 is 0 Å². The van der Waals surface area contributed by atoms with E-state index >= 15 is 0 Å². The molecular weight excluding hydrogens is 222 g/mol. The van der Waals surface area contributed by atoms with E-state index < -0.39 is 6.43 Å². The van der Waals surface area contributed by atoms with Gasteiger partial charge in [0.15, 0.2) is 0 Å². The number of hydrogen-bond donors (Lipinski definition) is 1. The Morgan fingerprint density at radius 2 is 1.94 bits per heavy atom. The van der Waals surface area contributed by atoms with Gasteiger partial charge in [0.2, 0.25) is 0 Å². The Hall–Kier alpha value is -0.220. The molecule has 1 spiro atoms. The third-order valence-corrected chi connectivity index (χ3v) is 4.78. The van der Waals surface area contributed by atoms with Crippen LogP contribution in [0.2, 0.25) is 0 Å². The summed E-state index contributed by atoms with van der Waals surface area (Å²) in [5, 5.41) is 3.65. The fraction of sp³-hybridized carbons (Fsp3) is 1.00. The third-order valence-electron chi connectivity index (χ3n) is 4.78. The van der Waals surface area contributed by atoms with Crippen molar-refractivity contribution in [2.24, 2.45) is 0 Å². The van der Waals surface area contributed by atoms with Crippen molar-refractivity contribution in [2.45, 2.75) is 63.5 Å². The minimum absolute atomic E-state index is 0.0756. The van der Waals surface area contributed by atoms with Gasteiger partial charge in [-0.1, -0.05) is 19.8 Å². The Kier molecular flexibility index (Phi) is 3.74. The topological polar surface area (TPSA) is 15.3 Å². The molecule has 2 rings (SSSR count). The molecule has 2 nitrogen and oxygen atoms in total. The molecule has 0 amide bonds. The zero-order valence-electron chi connectivity index (χ0n) is 10.9. The minimum atomic E-state index is -2.22. The van der Waals surface area contributed by atoms with Gasteiger partial charge in [0.25, 0.3) is 6.43 Å². The predicted molar refractivity (Wildman–Crippen MR) is 65.5 cm³/mol. The van der Waals surface area contributed by atoms with Gasteiger partial charge in [0, 0.05) is 24.2 Å². The van der Waals surface area contributed by atoms with Crippen molar-refractivity contribution in [1.82, 2.24) is 10.2 Å². The molecule has 0 aromatic carbocycles. The second kappa shape index (κ2) is 4.81. The Bertz CT molecular complexity index is 264. The van der Waals surface area contributed by atoms with Crippen molar-refractivity contribution in [3.8, 4) is 0 Å². The second-order valence-corrected chi connectivity index (χ2v) is 5.96. The summed E-state index contributed by atoms with van der Waals surface area (Å²) in [5.41, 5.74) is 0.0217. The minimum Gasteiger partial charge on any atom is -0.308 e. The molecule has 17 heavy (non-hydrogen) atoms. The molecule has 4 heteroatoms. The van der Waals surface area contributed by atoms with E-state index in [1.165, 1.54) is 12.8 Å². The summed E-state index contributed by atoms with van der Waals surface area (Å²) in [6, 6.07) is 0. The molecule has 0 radical (unpaired) electrons. The molecule has 1 N–H and O–H groups in total. The van der Waals surface area contributed by atoms with E-state index in [0.29, 0.717) is 0 Å². The molecular formula is C13H24F2N2. The van der Waals surface area contributed by atoms with Gasteiger partial charge in [0.1, 0.15) is 0 Å². The lowest BCUT2D eigenvalue weighted by molar-refractivity contribution is -0.0253. The molecule has 0 bridgehead atoms. The maximum Gasteiger partial charge on any atom is 0.251 e. The molecule has 1 unspecified atom stereocenters. The summed E-state index contributed by atoms with van der Waals surface area (Å²) in [4.78, 5) is 2.03. The van der Waals surface area contributed by atoms with Gasteiger partial charge in [-0.05, 0) is 26.2 Å². The monoisotopic (exact) mass is 246 g/mol. The highest BCUT2D eigenvalue weighted by Crippen LogP contribution is 2.36. The first-order valence-electron chi connectivity index (χ1n) is 6.78. The standard InChI is InChI=1S/C13H24F2N2/c1-3-12(2)9-16-13(6-4-5-7-13)10-17(12)8-11(14)15/h11,16H,3-10H2,1-2H3. The zero-order chi connectivity index (χ0) is 12.5.